The Bertz CT molecular complexity index is 595. The van der Waals surface area contributed by atoms with Crippen molar-refractivity contribution in [2.24, 2.45) is 0 Å². The van der Waals surface area contributed by atoms with E-state index in [1.165, 1.54) is 11.0 Å². The summed E-state index contributed by atoms with van der Waals surface area (Å²) in [6.45, 7) is 4.30. The van der Waals surface area contributed by atoms with Crippen LogP contribution in [0.3, 0.4) is 0 Å². The number of para-hydroxylation sites is 1. The maximum atomic E-state index is 12.4. The highest BCUT2D eigenvalue weighted by atomic mass is 16.2. The van der Waals surface area contributed by atoms with Crippen LogP contribution in [0.1, 0.15) is 17.4 Å². The third-order valence-electron chi connectivity index (χ3n) is 3.35. The van der Waals surface area contributed by atoms with Crippen molar-refractivity contribution >= 4 is 5.91 Å². The standard InChI is InChI=1S/C14H17N5O/c1-11-10-18(8-7-15-11)14(20)13-9-16-19(17-13)12-5-3-2-4-6-12/h2-6,9,11,15H,7-8,10H2,1H3/t11-/m1/s1. The Morgan fingerprint density at radius 1 is 1.35 bits per heavy atom. The molecule has 20 heavy (non-hydrogen) atoms. The minimum atomic E-state index is -0.0551. The lowest BCUT2D eigenvalue weighted by Gasteiger charge is -2.31. The molecule has 2 heterocycles. The number of benzene rings is 1. The summed E-state index contributed by atoms with van der Waals surface area (Å²) >= 11 is 0. The highest BCUT2D eigenvalue weighted by Gasteiger charge is 2.23. The van der Waals surface area contributed by atoms with Crippen LogP contribution in [0.5, 0.6) is 0 Å². The van der Waals surface area contributed by atoms with Crippen molar-refractivity contribution in [2.75, 3.05) is 19.6 Å². The van der Waals surface area contributed by atoms with E-state index < -0.39 is 0 Å². The largest absolute Gasteiger partial charge is 0.334 e. The lowest BCUT2D eigenvalue weighted by molar-refractivity contribution is 0.0702. The number of nitrogens with zero attached hydrogens (tertiary/aromatic N) is 4. The fraction of sp³-hybridized carbons (Fsp3) is 0.357. The molecular formula is C14H17N5O. The summed E-state index contributed by atoms with van der Waals surface area (Å²) in [6.07, 6.45) is 1.53. The molecule has 0 radical (unpaired) electrons. The second kappa shape index (κ2) is 5.42. The van der Waals surface area contributed by atoms with E-state index in [1.54, 1.807) is 0 Å². The Hall–Kier alpha value is -2.21. The summed E-state index contributed by atoms with van der Waals surface area (Å²) < 4.78 is 0. The zero-order chi connectivity index (χ0) is 13.9. The maximum Gasteiger partial charge on any atom is 0.276 e. The lowest BCUT2D eigenvalue weighted by Crippen LogP contribution is -2.51. The maximum absolute atomic E-state index is 12.4. The minimum absolute atomic E-state index is 0.0551. The second-order valence-electron chi connectivity index (χ2n) is 4.96. The van der Waals surface area contributed by atoms with E-state index in [0.29, 0.717) is 24.8 Å². The van der Waals surface area contributed by atoms with Crippen LogP contribution in [0, 0.1) is 0 Å². The molecule has 6 heteroatoms. The molecule has 6 nitrogen and oxygen atoms in total. The molecule has 0 bridgehead atoms. The number of nitrogens with one attached hydrogen (secondary N) is 1. The van der Waals surface area contributed by atoms with E-state index in [2.05, 4.69) is 22.4 Å². The van der Waals surface area contributed by atoms with Crippen LogP contribution in [-0.2, 0) is 0 Å². The predicted molar refractivity (Wildman–Crippen MR) is 74.7 cm³/mol. The molecule has 1 aliphatic heterocycles. The summed E-state index contributed by atoms with van der Waals surface area (Å²) in [4.78, 5) is 15.7. The summed E-state index contributed by atoms with van der Waals surface area (Å²) in [7, 11) is 0. The molecule has 1 fully saturated rings. The van der Waals surface area contributed by atoms with Crippen LogP contribution in [0.4, 0.5) is 0 Å². The zero-order valence-electron chi connectivity index (χ0n) is 11.4. The van der Waals surface area contributed by atoms with E-state index in [9.17, 15) is 4.79 Å². The van der Waals surface area contributed by atoms with Crippen molar-refractivity contribution in [3.8, 4) is 5.69 Å². The van der Waals surface area contributed by atoms with Crippen molar-refractivity contribution in [1.29, 1.82) is 0 Å². The second-order valence-corrected chi connectivity index (χ2v) is 4.96. The molecular weight excluding hydrogens is 254 g/mol. The summed E-state index contributed by atoms with van der Waals surface area (Å²) in [5.41, 5.74) is 1.24. The third-order valence-corrected chi connectivity index (χ3v) is 3.35. The Kier molecular flexibility index (Phi) is 3.47. The quantitative estimate of drug-likeness (QED) is 0.873. The third kappa shape index (κ3) is 2.55. The molecule has 0 aliphatic carbocycles. The van der Waals surface area contributed by atoms with Gasteiger partial charge in [-0.25, -0.2) is 0 Å². The Morgan fingerprint density at radius 2 is 2.15 bits per heavy atom. The van der Waals surface area contributed by atoms with Crippen LogP contribution < -0.4 is 5.32 Å². The fourth-order valence-electron chi connectivity index (χ4n) is 2.33. The minimum Gasteiger partial charge on any atom is -0.334 e. The van der Waals surface area contributed by atoms with Crippen LogP contribution in [0.15, 0.2) is 36.5 Å². The first-order valence-electron chi connectivity index (χ1n) is 6.74. The van der Waals surface area contributed by atoms with Gasteiger partial charge >= 0.3 is 0 Å². The Balaban J connectivity index is 1.78. The van der Waals surface area contributed by atoms with Gasteiger partial charge in [0.05, 0.1) is 11.9 Å². The van der Waals surface area contributed by atoms with Gasteiger partial charge in [0.25, 0.3) is 5.91 Å². The van der Waals surface area contributed by atoms with Crippen molar-refractivity contribution in [3.63, 3.8) is 0 Å². The number of hydrogen-bond donors (Lipinski definition) is 1. The predicted octanol–water partition coefficient (Wildman–Crippen LogP) is 0.701. The molecule has 0 spiro atoms. The van der Waals surface area contributed by atoms with Crippen molar-refractivity contribution in [3.05, 3.63) is 42.2 Å². The van der Waals surface area contributed by atoms with Gasteiger partial charge < -0.3 is 10.2 Å². The summed E-state index contributed by atoms with van der Waals surface area (Å²) in [6, 6.07) is 9.89. The van der Waals surface area contributed by atoms with E-state index in [4.69, 9.17) is 0 Å². The molecule has 2 aromatic rings. The van der Waals surface area contributed by atoms with Crippen LogP contribution in [-0.4, -0.2) is 51.5 Å². The van der Waals surface area contributed by atoms with Crippen molar-refractivity contribution in [1.82, 2.24) is 25.2 Å². The topological polar surface area (TPSA) is 63.1 Å². The van der Waals surface area contributed by atoms with Crippen LogP contribution in [0.25, 0.3) is 5.69 Å². The fourth-order valence-corrected chi connectivity index (χ4v) is 2.33. The molecule has 1 amide bonds. The molecule has 0 saturated carbocycles. The van der Waals surface area contributed by atoms with Gasteiger partial charge in [0, 0.05) is 25.7 Å². The zero-order valence-corrected chi connectivity index (χ0v) is 11.4. The van der Waals surface area contributed by atoms with Gasteiger partial charge in [0.2, 0.25) is 0 Å². The average Bonchev–Trinajstić information content (AvgIpc) is 2.97. The normalized spacial score (nSPS) is 19.1. The Labute approximate surface area is 117 Å². The molecule has 1 saturated heterocycles. The molecule has 0 unspecified atom stereocenters. The number of aromatic nitrogens is 3. The molecule has 104 valence electrons. The Morgan fingerprint density at radius 3 is 2.90 bits per heavy atom. The van der Waals surface area contributed by atoms with Crippen LogP contribution in [0.2, 0.25) is 0 Å². The number of amides is 1. The monoisotopic (exact) mass is 271 g/mol. The van der Waals surface area contributed by atoms with E-state index in [1.807, 2.05) is 35.2 Å². The molecule has 1 aromatic heterocycles. The highest BCUT2D eigenvalue weighted by molar-refractivity contribution is 5.92. The molecule has 3 rings (SSSR count). The summed E-state index contributed by atoms with van der Waals surface area (Å²) in [5.74, 6) is -0.0551. The average molecular weight is 271 g/mol. The van der Waals surface area contributed by atoms with E-state index in [-0.39, 0.29) is 5.91 Å². The number of rotatable bonds is 2. The first kappa shape index (κ1) is 12.8. The van der Waals surface area contributed by atoms with Gasteiger partial charge in [-0.3, -0.25) is 4.79 Å². The number of hydrogen-bond acceptors (Lipinski definition) is 4. The SMILES string of the molecule is C[C@@H]1CN(C(=O)c2cnn(-c3ccccc3)n2)CCN1. The van der Waals surface area contributed by atoms with Gasteiger partial charge in [0.1, 0.15) is 0 Å². The lowest BCUT2D eigenvalue weighted by atomic mass is 10.2. The highest BCUT2D eigenvalue weighted by Crippen LogP contribution is 2.08. The summed E-state index contributed by atoms with van der Waals surface area (Å²) in [5, 5.41) is 11.8. The number of carbonyl (C=O) groups excluding carboxylic acids is 1. The first-order valence-corrected chi connectivity index (χ1v) is 6.74. The molecule has 1 aromatic carbocycles. The molecule has 1 aliphatic rings. The smallest absolute Gasteiger partial charge is 0.276 e. The van der Waals surface area contributed by atoms with E-state index >= 15 is 0 Å². The first-order chi connectivity index (χ1) is 9.74. The van der Waals surface area contributed by atoms with Crippen molar-refractivity contribution < 1.29 is 4.79 Å². The van der Waals surface area contributed by atoms with Gasteiger partial charge in [-0.2, -0.15) is 9.90 Å². The number of carbonyl (C=O) groups is 1. The van der Waals surface area contributed by atoms with Gasteiger partial charge in [-0.1, -0.05) is 18.2 Å². The van der Waals surface area contributed by atoms with E-state index in [0.717, 1.165) is 12.2 Å². The van der Waals surface area contributed by atoms with Crippen molar-refractivity contribution in [2.45, 2.75) is 13.0 Å². The molecule has 1 N–H and O–H groups in total. The van der Waals surface area contributed by atoms with Gasteiger partial charge in [-0.05, 0) is 19.1 Å². The van der Waals surface area contributed by atoms with Crippen LogP contribution >= 0.6 is 0 Å². The van der Waals surface area contributed by atoms with Gasteiger partial charge in [0.15, 0.2) is 5.69 Å². The number of piperazine rings is 1. The van der Waals surface area contributed by atoms with Gasteiger partial charge in [-0.15, -0.1) is 5.10 Å². The molecule has 1 atom stereocenters.